The summed E-state index contributed by atoms with van der Waals surface area (Å²) in [6.07, 6.45) is 3.71. The van der Waals surface area contributed by atoms with Gasteiger partial charge in [-0.1, -0.05) is 36.4 Å². The quantitative estimate of drug-likeness (QED) is 0.481. The van der Waals surface area contributed by atoms with Crippen molar-refractivity contribution in [2.75, 3.05) is 30.9 Å². The van der Waals surface area contributed by atoms with Crippen LogP contribution in [0.2, 0.25) is 0 Å². The molecule has 0 bridgehead atoms. The van der Waals surface area contributed by atoms with E-state index in [1.165, 1.54) is 12.1 Å². The van der Waals surface area contributed by atoms with Gasteiger partial charge in [-0.05, 0) is 60.0 Å². The number of rotatable bonds is 6. The topological polar surface area (TPSA) is 6.48 Å². The van der Waals surface area contributed by atoms with Gasteiger partial charge in [0.05, 0.1) is 0 Å². The van der Waals surface area contributed by atoms with E-state index in [9.17, 15) is 8.78 Å². The molecule has 0 amide bonds. The van der Waals surface area contributed by atoms with Crippen LogP contribution in [0, 0.1) is 11.6 Å². The van der Waals surface area contributed by atoms with Crippen LogP contribution in [0.25, 0.3) is 17.2 Å². The van der Waals surface area contributed by atoms with Crippen molar-refractivity contribution in [3.8, 4) is 11.1 Å². The van der Waals surface area contributed by atoms with E-state index in [4.69, 9.17) is 0 Å². The van der Waals surface area contributed by atoms with E-state index in [1.54, 1.807) is 12.1 Å². The molecule has 4 heteroatoms. The first-order chi connectivity index (χ1) is 13.9. The van der Waals surface area contributed by atoms with E-state index in [0.717, 1.165) is 22.4 Å². The maximum absolute atomic E-state index is 14.8. The lowest BCUT2D eigenvalue weighted by atomic mass is 10.0. The maximum atomic E-state index is 14.8. The Bertz CT molecular complexity index is 1010. The monoisotopic (exact) mass is 392 g/mol. The molecule has 3 rings (SSSR count). The summed E-state index contributed by atoms with van der Waals surface area (Å²) >= 11 is 0. The molecule has 0 aromatic heterocycles. The summed E-state index contributed by atoms with van der Waals surface area (Å²) in [5.74, 6) is -0.574. The standard InChI is InChI=1S/C25H26F2N2/c1-5-6-18-13-22(26)16-24(14-18)29(4)17-21-8-7-20(15-25(21)27)19-9-11-23(12-10-19)28(2)3/h5-16H,17H2,1-4H3/b6-5+. The molecule has 0 radical (unpaired) electrons. The van der Waals surface area contributed by atoms with Gasteiger partial charge in [-0.15, -0.1) is 0 Å². The Hall–Kier alpha value is -3.14. The van der Waals surface area contributed by atoms with Gasteiger partial charge in [0.2, 0.25) is 0 Å². The minimum atomic E-state index is -0.306. The minimum absolute atomic E-state index is 0.267. The van der Waals surface area contributed by atoms with E-state index in [-0.39, 0.29) is 11.6 Å². The highest BCUT2D eigenvalue weighted by atomic mass is 19.1. The largest absolute Gasteiger partial charge is 0.378 e. The van der Waals surface area contributed by atoms with Crippen LogP contribution < -0.4 is 9.80 Å². The predicted molar refractivity (Wildman–Crippen MR) is 119 cm³/mol. The predicted octanol–water partition coefficient (Wildman–Crippen LogP) is 6.37. The number of anilines is 2. The molecule has 0 atom stereocenters. The molecule has 0 aliphatic rings. The highest BCUT2D eigenvalue weighted by Crippen LogP contribution is 2.26. The van der Waals surface area contributed by atoms with Crippen LogP contribution in [0.5, 0.6) is 0 Å². The van der Waals surface area contributed by atoms with Crippen LogP contribution in [-0.2, 0) is 6.54 Å². The Morgan fingerprint density at radius 1 is 0.793 bits per heavy atom. The molecule has 0 heterocycles. The zero-order valence-electron chi connectivity index (χ0n) is 17.3. The van der Waals surface area contributed by atoms with Crippen LogP contribution >= 0.6 is 0 Å². The molecule has 0 fully saturated rings. The van der Waals surface area contributed by atoms with Gasteiger partial charge >= 0.3 is 0 Å². The summed E-state index contributed by atoms with van der Waals surface area (Å²) < 4.78 is 28.7. The molecule has 3 aromatic carbocycles. The average Bonchev–Trinajstić information content (AvgIpc) is 2.69. The number of halogens is 2. The van der Waals surface area contributed by atoms with Gasteiger partial charge in [0.15, 0.2) is 0 Å². The van der Waals surface area contributed by atoms with Crippen molar-refractivity contribution in [1.29, 1.82) is 0 Å². The van der Waals surface area contributed by atoms with Crippen molar-refractivity contribution in [2.24, 2.45) is 0 Å². The Morgan fingerprint density at radius 3 is 2.10 bits per heavy atom. The molecular weight excluding hydrogens is 366 g/mol. The first-order valence-electron chi connectivity index (χ1n) is 9.58. The number of hydrogen-bond donors (Lipinski definition) is 0. The van der Waals surface area contributed by atoms with Crippen molar-refractivity contribution < 1.29 is 8.78 Å². The van der Waals surface area contributed by atoms with Crippen molar-refractivity contribution in [3.63, 3.8) is 0 Å². The lowest BCUT2D eigenvalue weighted by molar-refractivity contribution is 0.607. The Balaban J connectivity index is 1.80. The molecule has 0 saturated heterocycles. The van der Waals surface area contributed by atoms with Crippen molar-refractivity contribution in [3.05, 3.63) is 89.5 Å². The van der Waals surface area contributed by atoms with Crippen LogP contribution in [0.1, 0.15) is 18.1 Å². The van der Waals surface area contributed by atoms with Crippen LogP contribution in [0.3, 0.4) is 0 Å². The average molecular weight is 392 g/mol. The number of nitrogens with zero attached hydrogens (tertiary/aromatic N) is 2. The summed E-state index contributed by atoms with van der Waals surface area (Å²) in [7, 11) is 5.81. The summed E-state index contributed by atoms with van der Waals surface area (Å²) in [5.41, 5.74) is 4.96. The SMILES string of the molecule is C/C=C/c1cc(F)cc(N(C)Cc2ccc(-c3ccc(N(C)C)cc3)cc2F)c1. The third-order valence-electron chi connectivity index (χ3n) is 4.88. The smallest absolute Gasteiger partial charge is 0.128 e. The van der Waals surface area contributed by atoms with Gasteiger partial charge in [-0.25, -0.2) is 8.78 Å². The molecule has 150 valence electrons. The lowest BCUT2D eigenvalue weighted by Crippen LogP contribution is -2.17. The highest BCUT2D eigenvalue weighted by molar-refractivity contribution is 5.67. The van der Waals surface area contributed by atoms with Crippen molar-refractivity contribution in [1.82, 2.24) is 0 Å². The molecule has 0 saturated carbocycles. The summed E-state index contributed by atoms with van der Waals surface area (Å²) in [4.78, 5) is 3.87. The second-order valence-corrected chi connectivity index (χ2v) is 7.35. The third-order valence-corrected chi connectivity index (χ3v) is 4.88. The second-order valence-electron chi connectivity index (χ2n) is 7.35. The van der Waals surface area contributed by atoms with Gasteiger partial charge in [0.25, 0.3) is 0 Å². The summed E-state index contributed by atoms with van der Waals surface area (Å²) in [5, 5.41) is 0. The highest BCUT2D eigenvalue weighted by Gasteiger charge is 2.10. The number of allylic oxidation sites excluding steroid dienone is 1. The first kappa shape index (κ1) is 20.6. The summed E-state index contributed by atoms with van der Waals surface area (Å²) in [6, 6.07) is 18.1. The Labute approximate surface area is 171 Å². The molecule has 29 heavy (non-hydrogen) atoms. The maximum Gasteiger partial charge on any atom is 0.128 e. The van der Waals surface area contributed by atoms with Gasteiger partial charge < -0.3 is 9.80 Å². The molecule has 2 nitrogen and oxygen atoms in total. The molecule has 0 unspecified atom stereocenters. The van der Waals surface area contributed by atoms with Crippen LogP contribution in [0.4, 0.5) is 20.2 Å². The molecule has 0 N–H and O–H groups in total. The zero-order chi connectivity index (χ0) is 21.0. The van der Waals surface area contributed by atoms with E-state index in [2.05, 4.69) is 0 Å². The molecule has 3 aromatic rings. The van der Waals surface area contributed by atoms with Gasteiger partial charge in [0, 0.05) is 44.6 Å². The fourth-order valence-corrected chi connectivity index (χ4v) is 3.26. The van der Waals surface area contributed by atoms with Gasteiger partial charge in [0.1, 0.15) is 11.6 Å². The zero-order valence-corrected chi connectivity index (χ0v) is 17.3. The molecule has 0 spiro atoms. The number of hydrogen-bond acceptors (Lipinski definition) is 2. The van der Waals surface area contributed by atoms with Crippen LogP contribution in [-0.4, -0.2) is 21.1 Å². The van der Waals surface area contributed by atoms with Gasteiger partial charge in [-0.2, -0.15) is 0 Å². The molecular formula is C25H26F2N2. The van der Waals surface area contributed by atoms with E-state index >= 15 is 0 Å². The van der Waals surface area contributed by atoms with E-state index in [1.807, 2.05) is 86.4 Å². The lowest BCUT2D eigenvalue weighted by Gasteiger charge is -2.21. The van der Waals surface area contributed by atoms with Crippen molar-refractivity contribution in [2.45, 2.75) is 13.5 Å². The van der Waals surface area contributed by atoms with Crippen molar-refractivity contribution >= 4 is 17.5 Å². The Morgan fingerprint density at radius 2 is 1.48 bits per heavy atom. The Kier molecular flexibility index (Phi) is 6.32. The van der Waals surface area contributed by atoms with Gasteiger partial charge in [-0.3, -0.25) is 0 Å². The minimum Gasteiger partial charge on any atom is -0.378 e. The first-order valence-corrected chi connectivity index (χ1v) is 9.58. The fraction of sp³-hybridized carbons (Fsp3) is 0.200. The fourth-order valence-electron chi connectivity index (χ4n) is 3.26. The normalized spacial score (nSPS) is 11.1. The van der Waals surface area contributed by atoms with E-state index in [0.29, 0.717) is 17.8 Å². The molecule has 0 aliphatic heterocycles. The molecule has 0 aliphatic carbocycles. The second kappa shape index (κ2) is 8.91. The summed E-state index contributed by atoms with van der Waals surface area (Å²) in [6.45, 7) is 2.24. The third kappa shape index (κ3) is 5.02. The number of benzene rings is 3. The van der Waals surface area contributed by atoms with E-state index < -0.39 is 0 Å². The van der Waals surface area contributed by atoms with Crippen LogP contribution in [0.15, 0.2) is 66.7 Å².